The normalized spacial score (nSPS) is 21.0. The first-order valence-electron chi connectivity index (χ1n) is 7.75. The Bertz CT molecular complexity index is 609. The summed E-state index contributed by atoms with van der Waals surface area (Å²) in [6.45, 7) is 5.31. The summed E-state index contributed by atoms with van der Waals surface area (Å²) < 4.78 is 28.4. The first-order chi connectivity index (χ1) is 10.2. The van der Waals surface area contributed by atoms with Crippen LogP contribution in [0.15, 0.2) is 0 Å². The van der Waals surface area contributed by atoms with Gasteiger partial charge in [0, 0.05) is 26.1 Å². The van der Waals surface area contributed by atoms with Gasteiger partial charge < -0.3 is 9.47 Å². The zero-order valence-electron chi connectivity index (χ0n) is 14.2. The van der Waals surface area contributed by atoms with Gasteiger partial charge in [-0.05, 0) is 40.8 Å². The minimum atomic E-state index is -3.20. The van der Waals surface area contributed by atoms with Crippen molar-refractivity contribution in [3.63, 3.8) is 0 Å². The van der Waals surface area contributed by atoms with Crippen molar-refractivity contribution in [1.82, 2.24) is 24.0 Å². The summed E-state index contributed by atoms with van der Waals surface area (Å²) in [6.07, 6.45) is 1.82. The minimum absolute atomic E-state index is 0.121. The Labute approximate surface area is 133 Å². The molecule has 8 heteroatoms. The Morgan fingerprint density at radius 2 is 2.00 bits per heavy atom. The molecular formula is C14H27N5O2S. The van der Waals surface area contributed by atoms with Gasteiger partial charge in [0.1, 0.15) is 11.6 Å². The van der Waals surface area contributed by atoms with Crippen molar-refractivity contribution in [1.29, 1.82) is 0 Å². The standard InChI is InChI=1S/C14H27N5O2S/c1-11(2)22(20,21)19-8-6-7-12(9-19)14-16-15-13(18(14)5)10-17(3)4/h11-12H,6-10H2,1-5H3/t12-/m0/s1. The van der Waals surface area contributed by atoms with Crippen LogP contribution in [0, 0.1) is 0 Å². The molecule has 1 fully saturated rings. The monoisotopic (exact) mass is 329 g/mol. The smallest absolute Gasteiger partial charge is 0.216 e. The fraction of sp³-hybridized carbons (Fsp3) is 0.857. The summed E-state index contributed by atoms with van der Waals surface area (Å²) in [6, 6.07) is 0. The molecule has 2 rings (SSSR count). The van der Waals surface area contributed by atoms with Crippen LogP contribution in [0.1, 0.15) is 44.3 Å². The average Bonchev–Trinajstić information content (AvgIpc) is 2.79. The molecule has 0 N–H and O–H groups in total. The topological polar surface area (TPSA) is 71.3 Å². The van der Waals surface area contributed by atoms with E-state index in [2.05, 4.69) is 10.2 Å². The van der Waals surface area contributed by atoms with Crippen LogP contribution in [-0.2, 0) is 23.6 Å². The average molecular weight is 329 g/mol. The molecule has 1 atom stereocenters. The Kier molecular flexibility index (Phi) is 5.24. The summed E-state index contributed by atoms with van der Waals surface area (Å²) in [5.41, 5.74) is 0. The van der Waals surface area contributed by atoms with Crippen molar-refractivity contribution >= 4 is 10.0 Å². The molecule has 1 aromatic rings. The van der Waals surface area contributed by atoms with Crippen LogP contribution >= 0.6 is 0 Å². The molecule has 1 aliphatic rings. The van der Waals surface area contributed by atoms with E-state index in [-0.39, 0.29) is 11.2 Å². The van der Waals surface area contributed by atoms with Crippen LogP contribution in [0.25, 0.3) is 0 Å². The van der Waals surface area contributed by atoms with Gasteiger partial charge in [-0.25, -0.2) is 12.7 Å². The molecule has 0 aliphatic carbocycles. The fourth-order valence-corrected chi connectivity index (χ4v) is 4.20. The van der Waals surface area contributed by atoms with Crippen molar-refractivity contribution in [2.24, 2.45) is 7.05 Å². The summed E-state index contributed by atoms with van der Waals surface area (Å²) in [4.78, 5) is 2.05. The maximum absolute atomic E-state index is 12.4. The van der Waals surface area contributed by atoms with E-state index in [0.29, 0.717) is 13.1 Å². The van der Waals surface area contributed by atoms with E-state index in [9.17, 15) is 8.42 Å². The van der Waals surface area contributed by atoms with Gasteiger partial charge in [-0.3, -0.25) is 0 Å². The van der Waals surface area contributed by atoms with Crippen LogP contribution in [-0.4, -0.2) is 64.8 Å². The van der Waals surface area contributed by atoms with Crippen molar-refractivity contribution < 1.29 is 8.42 Å². The Morgan fingerprint density at radius 3 is 2.59 bits per heavy atom. The highest BCUT2D eigenvalue weighted by atomic mass is 32.2. The lowest BCUT2D eigenvalue weighted by Crippen LogP contribution is -2.42. The summed E-state index contributed by atoms with van der Waals surface area (Å²) in [5, 5.41) is 8.20. The lowest BCUT2D eigenvalue weighted by molar-refractivity contribution is 0.303. The molecule has 0 radical (unpaired) electrons. The molecule has 0 aromatic carbocycles. The molecule has 1 saturated heterocycles. The van der Waals surface area contributed by atoms with Gasteiger partial charge >= 0.3 is 0 Å². The first kappa shape index (κ1) is 17.4. The number of sulfonamides is 1. The highest BCUT2D eigenvalue weighted by Crippen LogP contribution is 2.28. The van der Waals surface area contributed by atoms with E-state index in [1.165, 1.54) is 0 Å². The first-order valence-corrected chi connectivity index (χ1v) is 9.25. The van der Waals surface area contributed by atoms with Gasteiger partial charge in [-0.1, -0.05) is 0 Å². The van der Waals surface area contributed by atoms with Crippen molar-refractivity contribution in [3.05, 3.63) is 11.6 Å². The fourth-order valence-electron chi connectivity index (χ4n) is 2.83. The Morgan fingerprint density at radius 1 is 1.32 bits per heavy atom. The van der Waals surface area contributed by atoms with Crippen molar-refractivity contribution in [3.8, 4) is 0 Å². The molecule has 7 nitrogen and oxygen atoms in total. The molecule has 0 bridgehead atoms. The van der Waals surface area contributed by atoms with Crippen LogP contribution in [0.5, 0.6) is 0 Å². The highest BCUT2D eigenvalue weighted by Gasteiger charge is 2.33. The van der Waals surface area contributed by atoms with Gasteiger partial charge in [0.05, 0.1) is 11.8 Å². The predicted octanol–water partition coefficient (Wildman–Crippen LogP) is 0.794. The van der Waals surface area contributed by atoms with E-state index < -0.39 is 10.0 Å². The zero-order valence-corrected chi connectivity index (χ0v) is 15.0. The molecule has 126 valence electrons. The number of aromatic nitrogens is 3. The molecule has 0 amide bonds. The number of nitrogens with zero attached hydrogens (tertiary/aromatic N) is 5. The predicted molar refractivity (Wildman–Crippen MR) is 86.0 cm³/mol. The molecule has 1 aliphatic heterocycles. The van der Waals surface area contributed by atoms with Gasteiger partial charge in [-0.2, -0.15) is 0 Å². The number of piperidine rings is 1. The van der Waals surface area contributed by atoms with E-state index in [0.717, 1.165) is 31.0 Å². The number of rotatable bonds is 5. The van der Waals surface area contributed by atoms with Crippen LogP contribution in [0.4, 0.5) is 0 Å². The number of hydrogen-bond acceptors (Lipinski definition) is 5. The van der Waals surface area contributed by atoms with Gasteiger partial charge in [0.25, 0.3) is 0 Å². The summed E-state index contributed by atoms with van der Waals surface area (Å²) >= 11 is 0. The Hall–Kier alpha value is -0.990. The van der Waals surface area contributed by atoms with Crippen LogP contribution < -0.4 is 0 Å². The lowest BCUT2D eigenvalue weighted by Gasteiger charge is -2.32. The van der Waals surface area contributed by atoms with E-state index >= 15 is 0 Å². The van der Waals surface area contributed by atoms with E-state index in [1.807, 2.05) is 30.6 Å². The SMILES string of the molecule is CC(C)S(=O)(=O)N1CCC[C@H](c2nnc(CN(C)C)n2C)C1. The van der Waals surface area contributed by atoms with E-state index in [1.54, 1.807) is 18.2 Å². The molecule has 1 aromatic heterocycles. The van der Waals surface area contributed by atoms with Crippen molar-refractivity contribution in [2.75, 3.05) is 27.2 Å². The second-order valence-electron chi connectivity index (χ2n) is 6.56. The zero-order chi connectivity index (χ0) is 16.5. The molecular weight excluding hydrogens is 302 g/mol. The van der Waals surface area contributed by atoms with Crippen molar-refractivity contribution in [2.45, 2.75) is 44.4 Å². The van der Waals surface area contributed by atoms with Crippen LogP contribution in [0.3, 0.4) is 0 Å². The van der Waals surface area contributed by atoms with Gasteiger partial charge in [-0.15, -0.1) is 10.2 Å². The molecule has 0 unspecified atom stereocenters. The lowest BCUT2D eigenvalue weighted by atomic mass is 9.99. The third-order valence-corrected chi connectivity index (χ3v) is 6.40. The highest BCUT2D eigenvalue weighted by molar-refractivity contribution is 7.89. The van der Waals surface area contributed by atoms with Gasteiger partial charge in [0.15, 0.2) is 0 Å². The third kappa shape index (κ3) is 3.49. The molecule has 0 spiro atoms. The maximum atomic E-state index is 12.4. The largest absolute Gasteiger partial charge is 0.317 e. The van der Waals surface area contributed by atoms with E-state index in [4.69, 9.17) is 0 Å². The maximum Gasteiger partial charge on any atom is 0.216 e. The minimum Gasteiger partial charge on any atom is -0.317 e. The summed E-state index contributed by atoms with van der Waals surface area (Å²) in [7, 11) is 2.75. The number of hydrogen-bond donors (Lipinski definition) is 0. The molecule has 22 heavy (non-hydrogen) atoms. The third-order valence-electron chi connectivity index (χ3n) is 4.16. The van der Waals surface area contributed by atoms with Gasteiger partial charge in [0.2, 0.25) is 10.0 Å². The quantitative estimate of drug-likeness (QED) is 0.799. The van der Waals surface area contributed by atoms with Crippen LogP contribution in [0.2, 0.25) is 0 Å². The Balaban J connectivity index is 2.18. The molecule has 2 heterocycles. The molecule has 0 saturated carbocycles. The summed E-state index contributed by atoms with van der Waals surface area (Å²) in [5.74, 6) is 1.92. The second-order valence-corrected chi connectivity index (χ2v) is 9.05. The second kappa shape index (κ2) is 6.64.